The molecule has 7 nitrogen and oxygen atoms in total. The van der Waals surface area contributed by atoms with E-state index in [0.717, 1.165) is 33.2 Å². The topological polar surface area (TPSA) is 91.2 Å². The molecule has 0 fully saturated rings. The highest BCUT2D eigenvalue weighted by atomic mass is 35.5. The second-order valence-electron chi connectivity index (χ2n) is 6.68. The summed E-state index contributed by atoms with van der Waals surface area (Å²) in [5.74, 6) is -1.22. The fraction of sp³-hybridized carbons (Fsp3) is 0.238. The number of pyridine rings is 2. The molecule has 0 aliphatic rings. The molecule has 3 aromatic heterocycles. The maximum Gasteiger partial charge on any atom is 0.364 e. The normalized spacial score (nSPS) is 10.7. The fourth-order valence-electron chi connectivity index (χ4n) is 2.68. The van der Waals surface area contributed by atoms with Gasteiger partial charge in [-0.2, -0.15) is 4.39 Å². The number of halogens is 3. The highest BCUT2D eigenvalue weighted by Gasteiger charge is 2.11. The van der Waals surface area contributed by atoms with Gasteiger partial charge in [0.25, 0.3) is 0 Å². The van der Waals surface area contributed by atoms with E-state index in [-0.39, 0.29) is 24.8 Å². The Kier molecular flexibility index (Phi) is 11.0. The molecule has 0 saturated carbocycles. The van der Waals surface area contributed by atoms with Crippen molar-refractivity contribution in [3.63, 3.8) is 0 Å². The lowest BCUT2D eigenvalue weighted by molar-refractivity contribution is -0.134. The number of allylic oxidation sites excluding steroid dienone is 1. The number of aliphatic carboxylic acids is 1. The maximum absolute atomic E-state index is 13.0. The van der Waals surface area contributed by atoms with Crippen molar-refractivity contribution in [3.8, 4) is 10.6 Å². The van der Waals surface area contributed by atoms with Crippen LogP contribution in [0, 0.1) is 6.92 Å². The molecule has 3 heterocycles. The molecular weight excluding hydrogens is 476 g/mol. The van der Waals surface area contributed by atoms with Gasteiger partial charge >= 0.3 is 5.97 Å². The second-order valence-corrected chi connectivity index (χ2v) is 7.69. The molecule has 0 radical (unpaired) electrons. The Bertz CT molecular complexity index is 1060. The lowest BCUT2D eigenvalue weighted by Gasteiger charge is -2.14. The van der Waals surface area contributed by atoms with Crippen LogP contribution in [-0.4, -0.2) is 39.6 Å². The van der Waals surface area contributed by atoms with E-state index in [1.165, 1.54) is 11.3 Å². The van der Waals surface area contributed by atoms with Gasteiger partial charge < -0.3 is 15.3 Å². The molecule has 32 heavy (non-hydrogen) atoms. The number of aryl methyl sites for hydroxylation is 1. The minimum atomic E-state index is -1.53. The van der Waals surface area contributed by atoms with Crippen molar-refractivity contribution in [2.75, 3.05) is 23.8 Å². The molecule has 0 saturated heterocycles. The largest absolute Gasteiger partial charge is 0.476 e. The first-order valence-electron chi connectivity index (χ1n) is 9.35. The fourth-order valence-corrected chi connectivity index (χ4v) is 3.55. The van der Waals surface area contributed by atoms with Gasteiger partial charge in [-0.3, -0.25) is 0 Å². The summed E-state index contributed by atoms with van der Waals surface area (Å²) in [4.78, 5) is 26.7. The van der Waals surface area contributed by atoms with E-state index in [9.17, 15) is 9.18 Å². The number of carbonyl (C=O) groups is 1. The highest BCUT2D eigenvalue weighted by Crippen LogP contribution is 2.30. The zero-order valence-electron chi connectivity index (χ0n) is 17.5. The van der Waals surface area contributed by atoms with E-state index < -0.39 is 11.8 Å². The van der Waals surface area contributed by atoms with Crippen molar-refractivity contribution in [2.24, 2.45) is 0 Å². The molecule has 11 heteroatoms. The van der Waals surface area contributed by atoms with Crippen LogP contribution in [0.4, 0.5) is 21.2 Å². The molecule has 0 bridgehead atoms. The Morgan fingerprint density at radius 3 is 2.75 bits per heavy atom. The van der Waals surface area contributed by atoms with Gasteiger partial charge in [-0.1, -0.05) is 17.4 Å². The molecule has 0 amide bonds. The number of anilines is 3. The van der Waals surface area contributed by atoms with Crippen LogP contribution in [-0.2, 0) is 4.79 Å². The summed E-state index contributed by atoms with van der Waals surface area (Å²) in [7, 11) is 1.90. The summed E-state index contributed by atoms with van der Waals surface area (Å²) in [5.41, 5.74) is 1.91. The molecular formula is C21H24Cl2FN5O2S. The summed E-state index contributed by atoms with van der Waals surface area (Å²) < 4.78 is 13.0. The number of thiazole rings is 1. The predicted octanol–water partition coefficient (Wildman–Crippen LogP) is 5.65. The molecule has 172 valence electrons. The van der Waals surface area contributed by atoms with Gasteiger partial charge in [0.1, 0.15) is 11.6 Å². The number of aromatic nitrogens is 3. The van der Waals surface area contributed by atoms with Crippen LogP contribution in [0.2, 0.25) is 0 Å². The number of unbranched alkanes of at least 4 members (excludes halogenated alkanes) is 1. The quantitative estimate of drug-likeness (QED) is 0.290. The number of rotatable bonds is 9. The second kappa shape index (κ2) is 12.9. The third-order valence-corrected chi connectivity index (χ3v) is 5.35. The summed E-state index contributed by atoms with van der Waals surface area (Å²) in [6, 6.07) is 9.61. The van der Waals surface area contributed by atoms with Gasteiger partial charge in [-0.15, -0.1) is 24.8 Å². The van der Waals surface area contributed by atoms with Crippen LogP contribution < -0.4 is 10.2 Å². The van der Waals surface area contributed by atoms with Crippen molar-refractivity contribution < 1.29 is 14.3 Å². The van der Waals surface area contributed by atoms with Crippen LogP contribution in [0.25, 0.3) is 10.6 Å². The van der Waals surface area contributed by atoms with Crippen molar-refractivity contribution in [1.82, 2.24) is 15.0 Å². The van der Waals surface area contributed by atoms with Crippen molar-refractivity contribution in [2.45, 2.75) is 19.8 Å². The molecule has 3 aromatic rings. The first-order chi connectivity index (χ1) is 14.4. The monoisotopic (exact) mass is 499 g/mol. The van der Waals surface area contributed by atoms with E-state index in [1.54, 1.807) is 12.4 Å². The number of nitrogens with one attached hydrogen (secondary N) is 1. The number of hydrogen-bond donors (Lipinski definition) is 2. The van der Waals surface area contributed by atoms with Gasteiger partial charge in [0.05, 0.1) is 10.6 Å². The minimum absolute atomic E-state index is 0. The van der Waals surface area contributed by atoms with Gasteiger partial charge in [-0.25, -0.2) is 19.7 Å². The maximum atomic E-state index is 13.0. The lowest BCUT2D eigenvalue weighted by Crippen LogP contribution is -2.17. The third kappa shape index (κ3) is 7.74. The Labute approximate surface area is 202 Å². The number of nitrogens with zero attached hydrogens (tertiary/aromatic N) is 4. The first kappa shape index (κ1) is 27.3. The number of carboxylic acid groups (broad SMARTS) is 1. The number of hydrogen-bond acceptors (Lipinski definition) is 7. The third-order valence-electron chi connectivity index (χ3n) is 4.22. The zero-order chi connectivity index (χ0) is 21.5. The van der Waals surface area contributed by atoms with E-state index in [2.05, 4.69) is 20.3 Å². The zero-order valence-corrected chi connectivity index (χ0v) is 19.9. The Balaban J connectivity index is 0.00000256. The van der Waals surface area contributed by atoms with Crippen LogP contribution >= 0.6 is 36.2 Å². The van der Waals surface area contributed by atoms with E-state index in [0.29, 0.717) is 25.2 Å². The van der Waals surface area contributed by atoms with Gasteiger partial charge in [-0.05, 0) is 55.7 Å². The smallest absolute Gasteiger partial charge is 0.364 e. The standard InChI is InChI=1S/C21H22FN5O2S.2ClH/c1-14-9-10-23-19(12-14)26-18-8-5-7-16(25-18)17-13-24-21(30-17)27(2)11-4-3-6-15(22)20(28)29;;/h5-10,12-13H,3-4,11H2,1-2H3,(H,28,29)(H,23,25,26);2*1H/b15-6-;;. The average molecular weight is 500 g/mol. The Morgan fingerprint density at radius 1 is 1.25 bits per heavy atom. The Hall–Kier alpha value is -2.75. The van der Waals surface area contributed by atoms with Crippen molar-refractivity contribution in [1.29, 1.82) is 0 Å². The molecule has 0 aliphatic heterocycles. The van der Waals surface area contributed by atoms with E-state index >= 15 is 0 Å². The van der Waals surface area contributed by atoms with Crippen molar-refractivity contribution in [3.05, 3.63) is 60.2 Å². The molecule has 0 spiro atoms. The average Bonchev–Trinajstić information content (AvgIpc) is 3.21. The van der Waals surface area contributed by atoms with Crippen LogP contribution in [0.1, 0.15) is 18.4 Å². The molecule has 3 rings (SSSR count). The molecule has 0 unspecified atom stereocenters. The summed E-state index contributed by atoms with van der Waals surface area (Å²) in [6.45, 7) is 2.63. The number of carboxylic acids is 1. The summed E-state index contributed by atoms with van der Waals surface area (Å²) in [5, 5.41) is 12.5. The molecule has 0 aromatic carbocycles. The molecule has 2 N–H and O–H groups in total. The molecule has 0 aliphatic carbocycles. The summed E-state index contributed by atoms with van der Waals surface area (Å²) in [6.07, 6.45) is 5.58. The SMILES string of the molecule is Cc1ccnc(Nc2cccc(-c3cnc(N(C)CCC/C=C(\F)C(=O)O)s3)n2)c1.Cl.Cl. The first-order valence-corrected chi connectivity index (χ1v) is 10.2. The van der Waals surface area contributed by atoms with E-state index in [1.807, 2.05) is 49.2 Å². The van der Waals surface area contributed by atoms with Gasteiger partial charge in [0.15, 0.2) is 5.13 Å². The van der Waals surface area contributed by atoms with Crippen LogP contribution in [0.5, 0.6) is 0 Å². The van der Waals surface area contributed by atoms with Crippen LogP contribution in [0.3, 0.4) is 0 Å². The van der Waals surface area contributed by atoms with Gasteiger partial charge in [0, 0.05) is 26.0 Å². The molecule has 0 atom stereocenters. The van der Waals surface area contributed by atoms with Gasteiger partial charge in [0.2, 0.25) is 5.83 Å². The summed E-state index contributed by atoms with van der Waals surface area (Å²) >= 11 is 1.51. The van der Waals surface area contributed by atoms with Crippen LogP contribution in [0.15, 0.2) is 54.6 Å². The lowest BCUT2D eigenvalue weighted by atomic mass is 10.2. The van der Waals surface area contributed by atoms with E-state index in [4.69, 9.17) is 5.11 Å². The van der Waals surface area contributed by atoms with Crippen molar-refractivity contribution >= 4 is 58.9 Å². The Morgan fingerprint density at radius 2 is 2.03 bits per heavy atom. The minimum Gasteiger partial charge on any atom is -0.476 e. The predicted molar refractivity (Wildman–Crippen MR) is 131 cm³/mol. The highest BCUT2D eigenvalue weighted by molar-refractivity contribution is 7.18.